The van der Waals surface area contributed by atoms with Gasteiger partial charge >= 0.3 is 0 Å². The Morgan fingerprint density at radius 1 is 1.38 bits per heavy atom. The Hall–Kier alpha value is -0.650. The maximum atomic E-state index is 5.92. The van der Waals surface area contributed by atoms with Crippen molar-refractivity contribution in [3.63, 3.8) is 0 Å². The SMILES string of the molecule is CCC(C)c1nc(N2CCC(N(CC)CC)C2)sc1CN. The summed E-state index contributed by atoms with van der Waals surface area (Å²) in [5.74, 6) is 0.509. The summed E-state index contributed by atoms with van der Waals surface area (Å²) in [6, 6.07) is 0.678. The van der Waals surface area contributed by atoms with Gasteiger partial charge < -0.3 is 10.6 Å². The maximum absolute atomic E-state index is 5.92. The fourth-order valence-corrected chi connectivity index (χ4v) is 4.26. The minimum Gasteiger partial charge on any atom is -0.346 e. The van der Waals surface area contributed by atoms with Crippen molar-refractivity contribution in [2.75, 3.05) is 31.1 Å². The third kappa shape index (κ3) is 3.58. The van der Waals surface area contributed by atoms with E-state index < -0.39 is 0 Å². The highest BCUT2D eigenvalue weighted by atomic mass is 32.1. The molecule has 1 saturated heterocycles. The van der Waals surface area contributed by atoms with E-state index in [0.717, 1.165) is 32.6 Å². The Morgan fingerprint density at radius 2 is 2.10 bits per heavy atom. The van der Waals surface area contributed by atoms with Gasteiger partial charge in [0.25, 0.3) is 0 Å². The van der Waals surface area contributed by atoms with Crippen molar-refractivity contribution < 1.29 is 0 Å². The van der Waals surface area contributed by atoms with E-state index in [0.29, 0.717) is 18.5 Å². The highest BCUT2D eigenvalue weighted by molar-refractivity contribution is 7.15. The lowest BCUT2D eigenvalue weighted by atomic mass is 10.0. The third-order valence-corrected chi connectivity index (χ3v) is 5.90. The Balaban J connectivity index is 2.11. The molecule has 0 bridgehead atoms. The van der Waals surface area contributed by atoms with Gasteiger partial charge in [0.2, 0.25) is 0 Å². The van der Waals surface area contributed by atoms with Crippen LogP contribution in [-0.4, -0.2) is 42.1 Å². The number of rotatable bonds is 7. The first-order valence-electron chi connectivity index (χ1n) is 8.33. The Kier molecular flexibility index (Phi) is 6.02. The molecule has 120 valence electrons. The average Bonchev–Trinajstić information content (AvgIpc) is 3.14. The summed E-state index contributed by atoms with van der Waals surface area (Å²) in [6.07, 6.45) is 2.37. The van der Waals surface area contributed by atoms with Crippen LogP contribution in [0.15, 0.2) is 0 Å². The third-order valence-electron chi connectivity index (χ3n) is 4.74. The van der Waals surface area contributed by atoms with Crippen LogP contribution in [-0.2, 0) is 6.54 Å². The fourth-order valence-electron chi connectivity index (χ4n) is 3.16. The highest BCUT2D eigenvalue weighted by Gasteiger charge is 2.29. The normalized spacial score (nSPS) is 20.5. The molecule has 5 heteroatoms. The van der Waals surface area contributed by atoms with E-state index >= 15 is 0 Å². The van der Waals surface area contributed by atoms with Crippen molar-refractivity contribution >= 4 is 16.5 Å². The zero-order valence-electron chi connectivity index (χ0n) is 13.9. The lowest BCUT2D eigenvalue weighted by molar-refractivity contribution is 0.232. The number of aromatic nitrogens is 1. The summed E-state index contributed by atoms with van der Waals surface area (Å²) in [5.41, 5.74) is 7.15. The molecule has 2 atom stereocenters. The van der Waals surface area contributed by atoms with Crippen LogP contribution in [0.4, 0.5) is 5.13 Å². The molecule has 2 N–H and O–H groups in total. The van der Waals surface area contributed by atoms with Crippen molar-refractivity contribution in [3.05, 3.63) is 10.6 Å². The summed E-state index contributed by atoms with van der Waals surface area (Å²) in [5, 5.41) is 1.18. The largest absolute Gasteiger partial charge is 0.346 e. The van der Waals surface area contributed by atoms with Crippen LogP contribution in [0, 0.1) is 0 Å². The zero-order valence-corrected chi connectivity index (χ0v) is 14.7. The molecule has 1 aromatic heterocycles. The first-order chi connectivity index (χ1) is 10.1. The lowest BCUT2D eigenvalue weighted by Gasteiger charge is -2.25. The quantitative estimate of drug-likeness (QED) is 0.841. The summed E-state index contributed by atoms with van der Waals surface area (Å²) in [7, 11) is 0. The molecule has 0 spiro atoms. The molecule has 1 aliphatic rings. The number of hydrogen-bond donors (Lipinski definition) is 1. The molecular weight excluding hydrogens is 280 g/mol. The Morgan fingerprint density at radius 3 is 2.67 bits per heavy atom. The van der Waals surface area contributed by atoms with E-state index in [4.69, 9.17) is 10.7 Å². The van der Waals surface area contributed by atoms with Crippen molar-refractivity contribution in [3.8, 4) is 0 Å². The summed E-state index contributed by atoms with van der Waals surface area (Å²) >= 11 is 1.80. The van der Waals surface area contributed by atoms with E-state index in [-0.39, 0.29) is 0 Å². The van der Waals surface area contributed by atoms with Gasteiger partial charge in [0.15, 0.2) is 5.13 Å². The number of likely N-dealkylation sites (N-methyl/N-ethyl adjacent to an activating group) is 1. The van der Waals surface area contributed by atoms with E-state index in [9.17, 15) is 0 Å². The molecule has 1 fully saturated rings. The molecule has 21 heavy (non-hydrogen) atoms. The topological polar surface area (TPSA) is 45.4 Å². The second kappa shape index (κ2) is 7.56. The van der Waals surface area contributed by atoms with Gasteiger partial charge in [0, 0.05) is 30.6 Å². The molecule has 0 aromatic carbocycles. The monoisotopic (exact) mass is 310 g/mol. The molecule has 0 amide bonds. The lowest BCUT2D eigenvalue weighted by Crippen LogP contribution is -2.37. The van der Waals surface area contributed by atoms with Gasteiger partial charge in [0.05, 0.1) is 5.69 Å². The summed E-state index contributed by atoms with van der Waals surface area (Å²) in [6.45, 7) is 14.1. The number of anilines is 1. The van der Waals surface area contributed by atoms with Crippen molar-refractivity contribution in [2.24, 2.45) is 5.73 Å². The van der Waals surface area contributed by atoms with Crippen LogP contribution < -0.4 is 10.6 Å². The fraction of sp³-hybridized carbons (Fsp3) is 0.812. The van der Waals surface area contributed by atoms with Gasteiger partial charge in [0.1, 0.15) is 0 Å². The number of nitrogens with zero attached hydrogens (tertiary/aromatic N) is 3. The van der Waals surface area contributed by atoms with Crippen molar-refractivity contribution in [1.29, 1.82) is 0 Å². The zero-order chi connectivity index (χ0) is 15.4. The van der Waals surface area contributed by atoms with Crippen LogP contribution >= 0.6 is 11.3 Å². The molecule has 1 aromatic rings. The van der Waals surface area contributed by atoms with E-state index in [1.54, 1.807) is 11.3 Å². The Bertz CT molecular complexity index is 441. The smallest absolute Gasteiger partial charge is 0.185 e. The average molecular weight is 311 g/mol. The van der Waals surface area contributed by atoms with E-state index in [1.165, 1.54) is 22.1 Å². The van der Waals surface area contributed by atoms with Crippen molar-refractivity contribution in [2.45, 2.75) is 59.0 Å². The minimum atomic E-state index is 0.509. The van der Waals surface area contributed by atoms with Crippen LogP contribution in [0.3, 0.4) is 0 Å². The molecule has 1 aliphatic heterocycles. The van der Waals surface area contributed by atoms with Gasteiger partial charge in [-0.3, -0.25) is 4.90 Å². The summed E-state index contributed by atoms with van der Waals surface area (Å²) in [4.78, 5) is 11.2. The van der Waals surface area contributed by atoms with Gasteiger partial charge in [-0.15, -0.1) is 11.3 Å². The molecule has 0 aliphatic carbocycles. The number of thiazole rings is 1. The molecule has 0 radical (unpaired) electrons. The predicted octanol–water partition coefficient (Wildman–Crippen LogP) is 3.04. The van der Waals surface area contributed by atoms with Crippen LogP contribution in [0.2, 0.25) is 0 Å². The van der Waals surface area contributed by atoms with E-state index in [1.807, 2.05) is 0 Å². The van der Waals surface area contributed by atoms with Crippen LogP contribution in [0.1, 0.15) is 57.0 Å². The molecule has 2 heterocycles. The standard InChI is InChI=1S/C16H30N4S/c1-5-12(4)15-14(10-17)21-16(18-15)20-9-8-13(11-20)19(6-2)7-3/h12-13H,5-11,17H2,1-4H3. The number of hydrogen-bond acceptors (Lipinski definition) is 5. The second-order valence-corrected chi connectivity index (χ2v) is 6.99. The second-order valence-electron chi connectivity index (χ2n) is 5.93. The van der Waals surface area contributed by atoms with Gasteiger partial charge in [-0.25, -0.2) is 4.98 Å². The Labute approximate surface area is 133 Å². The molecular formula is C16H30N4S. The molecule has 0 saturated carbocycles. The highest BCUT2D eigenvalue weighted by Crippen LogP contribution is 2.33. The predicted molar refractivity (Wildman–Crippen MR) is 92.3 cm³/mol. The van der Waals surface area contributed by atoms with E-state index in [2.05, 4.69) is 37.5 Å². The molecule has 4 nitrogen and oxygen atoms in total. The van der Waals surface area contributed by atoms with Crippen LogP contribution in [0.25, 0.3) is 0 Å². The first-order valence-corrected chi connectivity index (χ1v) is 9.14. The maximum Gasteiger partial charge on any atom is 0.185 e. The van der Waals surface area contributed by atoms with Crippen molar-refractivity contribution in [1.82, 2.24) is 9.88 Å². The molecule has 2 rings (SSSR count). The number of nitrogens with two attached hydrogens (primary N) is 1. The van der Waals surface area contributed by atoms with Gasteiger partial charge in [-0.1, -0.05) is 27.7 Å². The molecule has 2 unspecified atom stereocenters. The first kappa shape index (κ1) is 16.7. The minimum absolute atomic E-state index is 0.509. The van der Waals surface area contributed by atoms with Gasteiger partial charge in [-0.2, -0.15) is 0 Å². The summed E-state index contributed by atoms with van der Waals surface area (Å²) < 4.78 is 0. The van der Waals surface area contributed by atoms with Crippen LogP contribution in [0.5, 0.6) is 0 Å². The van der Waals surface area contributed by atoms with Gasteiger partial charge in [-0.05, 0) is 31.8 Å².